The van der Waals surface area contributed by atoms with Crippen molar-refractivity contribution in [3.05, 3.63) is 0 Å². The molecule has 0 aromatic rings. The maximum Gasteiger partial charge on any atom is 0.223 e. The molecular formula is C13H28N2O2S. The minimum Gasteiger partial charge on any atom is -0.353 e. The molecule has 0 saturated carbocycles. The van der Waals surface area contributed by atoms with Gasteiger partial charge in [0.05, 0.1) is 0 Å². The van der Waals surface area contributed by atoms with E-state index in [-0.39, 0.29) is 23.9 Å². The molecule has 0 aliphatic heterocycles. The maximum atomic E-state index is 11.9. The summed E-state index contributed by atoms with van der Waals surface area (Å²) >= 11 is 0. The van der Waals surface area contributed by atoms with Crippen molar-refractivity contribution in [2.24, 2.45) is 11.7 Å². The quantitative estimate of drug-likeness (QED) is 0.669. The van der Waals surface area contributed by atoms with Gasteiger partial charge in [-0.15, -0.1) is 0 Å². The lowest BCUT2D eigenvalue weighted by atomic mass is 10.0. The van der Waals surface area contributed by atoms with E-state index in [0.717, 1.165) is 25.7 Å². The van der Waals surface area contributed by atoms with Crippen molar-refractivity contribution in [3.63, 3.8) is 0 Å². The van der Waals surface area contributed by atoms with Crippen LogP contribution in [0.25, 0.3) is 0 Å². The Hall–Kier alpha value is -0.420. The number of amides is 1. The molecule has 108 valence electrons. The average molecular weight is 276 g/mol. The van der Waals surface area contributed by atoms with Gasteiger partial charge in [-0.05, 0) is 33.1 Å². The van der Waals surface area contributed by atoms with Gasteiger partial charge in [-0.3, -0.25) is 9.00 Å². The van der Waals surface area contributed by atoms with E-state index < -0.39 is 10.8 Å². The predicted octanol–water partition coefficient (Wildman–Crippen LogP) is 1.41. The van der Waals surface area contributed by atoms with Crippen LogP contribution in [0.4, 0.5) is 0 Å². The summed E-state index contributed by atoms with van der Waals surface area (Å²) in [6, 6.07) is 0.302. The highest BCUT2D eigenvalue weighted by Crippen LogP contribution is 2.09. The van der Waals surface area contributed by atoms with E-state index in [9.17, 15) is 9.00 Å². The van der Waals surface area contributed by atoms with Crippen LogP contribution in [0.15, 0.2) is 0 Å². The predicted molar refractivity (Wildman–Crippen MR) is 77.8 cm³/mol. The van der Waals surface area contributed by atoms with Crippen LogP contribution in [0.1, 0.15) is 46.5 Å². The van der Waals surface area contributed by atoms with Gasteiger partial charge in [0.2, 0.25) is 5.91 Å². The second-order valence-corrected chi connectivity index (χ2v) is 6.84. The number of nitrogens with one attached hydrogen (secondary N) is 1. The molecule has 3 N–H and O–H groups in total. The van der Waals surface area contributed by atoms with Crippen molar-refractivity contribution >= 4 is 16.7 Å². The van der Waals surface area contributed by atoms with Crippen molar-refractivity contribution in [1.29, 1.82) is 0 Å². The Morgan fingerprint density at radius 3 is 2.33 bits per heavy atom. The smallest absolute Gasteiger partial charge is 0.223 e. The summed E-state index contributed by atoms with van der Waals surface area (Å²) in [6.45, 7) is 5.89. The van der Waals surface area contributed by atoms with Crippen LogP contribution in [0, 0.1) is 5.92 Å². The number of hydrogen-bond donors (Lipinski definition) is 2. The van der Waals surface area contributed by atoms with Gasteiger partial charge in [0.25, 0.3) is 0 Å². The third-order valence-corrected chi connectivity index (χ3v) is 3.78. The van der Waals surface area contributed by atoms with E-state index in [1.165, 1.54) is 0 Å². The topological polar surface area (TPSA) is 72.2 Å². The van der Waals surface area contributed by atoms with Gasteiger partial charge < -0.3 is 11.1 Å². The molecule has 0 heterocycles. The number of hydrogen-bond acceptors (Lipinski definition) is 3. The lowest BCUT2D eigenvalue weighted by Gasteiger charge is -2.17. The fourth-order valence-corrected chi connectivity index (χ4v) is 2.36. The Kier molecular flexibility index (Phi) is 9.28. The van der Waals surface area contributed by atoms with E-state index in [1.54, 1.807) is 6.26 Å². The van der Waals surface area contributed by atoms with E-state index >= 15 is 0 Å². The summed E-state index contributed by atoms with van der Waals surface area (Å²) in [5, 5.41) is 2.97. The molecule has 0 aliphatic rings. The molecule has 1 amide bonds. The minimum absolute atomic E-state index is 0.0262. The van der Waals surface area contributed by atoms with Gasteiger partial charge in [-0.1, -0.05) is 13.3 Å². The molecule has 0 saturated heterocycles. The molecule has 0 aromatic carbocycles. The first-order valence-corrected chi connectivity index (χ1v) is 8.41. The largest absolute Gasteiger partial charge is 0.353 e. The van der Waals surface area contributed by atoms with E-state index in [4.69, 9.17) is 5.73 Å². The highest BCUT2D eigenvalue weighted by molar-refractivity contribution is 7.84. The molecule has 0 rings (SSSR count). The molecule has 4 atom stereocenters. The Labute approximate surface area is 114 Å². The molecule has 18 heavy (non-hydrogen) atoms. The molecular weight excluding hydrogens is 248 g/mol. The molecule has 0 radical (unpaired) electrons. The number of carbonyl (C=O) groups excluding carboxylic acids is 1. The first kappa shape index (κ1) is 17.6. The number of carbonyl (C=O) groups is 1. The normalized spacial score (nSPS) is 17.8. The second-order valence-electron chi connectivity index (χ2n) is 5.28. The third kappa shape index (κ3) is 9.59. The number of nitrogens with two attached hydrogens (primary N) is 1. The average Bonchev–Trinajstić information content (AvgIpc) is 2.25. The van der Waals surface area contributed by atoms with E-state index in [1.807, 2.05) is 20.8 Å². The monoisotopic (exact) mass is 276 g/mol. The minimum atomic E-state index is -0.787. The highest BCUT2D eigenvalue weighted by atomic mass is 32.2. The van der Waals surface area contributed by atoms with Crippen LogP contribution in [0.3, 0.4) is 0 Å². The Morgan fingerprint density at radius 2 is 1.83 bits per heavy atom. The molecule has 0 spiro atoms. The van der Waals surface area contributed by atoms with Gasteiger partial charge in [0, 0.05) is 40.8 Å². The molecule has 0 fully saturated rings. The second kappa shape index (κ2) is 9.50. The summed E-state index contributed by atoms with van der Waals surface area (Å²) in [4.78, 5) is 11.9. The van der Waals surface area contributed by atoms with Crippen molar-refractivity contribution < 1.29 is 9.00 Å². The van der Waals surface area contributed by atoms with Crippen LogP contribution < -0.4 is 11.1 Å². The number of rotatable bonds is 9. The molecule has 0 aromatic heterocycles. The fourth-order valence-electron chi connectivity index (χ4n) is 1.68. The molecule has 5 heteroatoms. The summed E-state index contributed by atoms with van der Waals surface area (Å²) < 4.78 is 11.0. The van der Waals surface area contributed by atoms with Crippen LogP contribution in [-0.2, 0) is 15.6 Å². The van der Waals surface area contributed by atoms with Gasteiger partial charge in [-0.25, -0.2) is 0 Å². The summed E-state index contributed by atoms with van der Waals surface area (Å²) in [5.41, 5.74) is 5.67. The van der Waals surface area contributed by atoms with Crippen molar-refractivity contribution in [2.45, 2.75) is 58.5 Å². The zero-order chi connectivity index (χ0) is 14.1. The molecule has 4 nitrogen and oxygen atoms in total. The van der Waals surface area contributed by atoms with Gasteiger partial charge in [0.1, 0.15) is 0 Å². The maximum absolute atomic E-state index is 11.9. The zero-order valence-electron chi connectivity index (χ0n) is 12.1. The third-order valence-electron chi connectivity index (χ3n) is 2.97. The van der Waals surface area contributed by atoms with Gasteiger partial charge in [-0.2, -0.15) is 0 Å². The van der Waals surface area contributed by atoms with Crippen LogP contribution in [0.5, 0.6) is 0 Å². The lowest BCUT2D eigenvalue weighted by molar-refractivity contribution is -0.125. The Morgan fingerprint density at radius 1 is 1.22 bits per heavy atom. The first-order chi connectivity index (χ1) is 8.32. The molecule has 0 aliphatic carbocycles. The Bertz CT molecular complexity index is 270. The standard InChI is InChI=1S/C13H28N2O2S/c1-10(6-5-7-11(2)14)13(16)15-12(3)8-9-18(4)17/h10-12H,5-9,14H2,1-4H3,(H,15,16). The molecule has 4 unspecified atom stereocenters. The van der Waals surface area contributed by atoms with Crippen molar-refractivity contribution in [1.82, 2.24) is 5.32 Å². The van der Waals surface area contributed by atoms with E-state index in [0.29, 0.717) is 5.75 Å². The Balaban J connectivity index is 3.81. The van der Waals surface area contributed by atoms with Crippen molar-refractivity contribution in [3.8, 4) is 0 Å². The molecule has 0 bridgehead atoms. The highest BCUT2D eigenvalue weighted by Gasteiger charge is 2.15. The van der Waals surface area contributed by atoms with E-state index in [2.05, 4.69) is 5.32 Å². The van der Waals surface area contributed by atoms with Crippen LogP contribution >= 0.6 is 0 Å². The van der Waals surface area contributed by atoms with Gasteiger partial charge in [0.15, 0.2) is 0 Å². The van der Waals surface area contributed by atoms with Crippen LogP contribution in [-0.4, -0.2) is 34.2 Å². The zero-order valence-corrected chi connectivity index (χ0v) is 12.9. The SMILES string of the molecule is CC(N)CCCC(C)C(=O)NC(C)CCS(C)=O. The van der Waals surface area contributed by atoms with Crippen LogP contribution in [0.2, 0.25) is 0 Å². The fraction of sp³-hybridized carbons (Fsp3) is 0.923. The van der Waals surface area contributed by atoms with Crippen molar-refractivity contribution in [2.75, 3.05) is 12.0 Å². The first-order valence-electron chi connectivity index (χ1n) is 6.69. The summed E-state index contributed by atoms with van der Waals surface area (Å²) in [7, 11) is -0.787. The summed E-state index contributed by atoms with van der Waals surface area (Å²) in [6.07, 6.45) is 5.27. The lowest BCUT2D eigenvalue weighted by Crippen LogP contribution is -2.37. The summed E-state index contributed by atoms with van der Waals surface area (Å²) in [5.74, 6) is 0.757. The van der Waals surface area contributed by atoms with Gasteiger partial charge >= 0.3 is 0 Å².